The van der Waals surface area contributed by atoms with E-state index < -0.39 is 0 Å². The lowest BCUT2D eigenvalue weighted by Crippen LogP contribution is -2.33. The summed E-state index contributed by atoms with van der Waals surface area (Å²) in [6, 6.07) is 0. The van der Waals surface area contributed by atoms with Crippen LogP contribution in [-0.2, 0) is 16.1 Å². The third kappa shape index (κ3) is 4.10. The molecule has 18 heavy (non-hydrogen) atoms. The Hall–Kier alpha value is -1.43. The molecular formula is C12H21N3O3. The van der Waals surface area contributed by atoms with Crippen molar-refractivity contribution < 1.29 is 14.1 Å². The van der Waals surface area contributed by atoms with Crippen LogP contribution in [0.4, 0.5) is 0 Å². The molecule has 0 spiro atoms. The molecule has 6 nitrogen and oxygen atoms in total. The van der Waals surface area contributed by atoms with Crippen molar-refractivity contribution in [2.24, 2.45) is 0 Å². The Bertz CT molecular complexity index is 376. The quantitative estimate of drug-likeness (QED) is 0.740. The molecule has 0 fully saturated rings. The predicted octanol–water partition coefficient (Wildman–Crippen LogP) is 1.58. The van der Waals surface area contributed by atoms with Gasteiger partial charge in [0.15, 0.2) is 5.82 Å². The molecule has 0 N–H and O–H groups in total. The number of ether oxygens (including phenoxy) is 1. The summed E-state index contributed by atoms with van der Waals surface area (Å²) in [5.74, 6) is 1.28. The maximum Gasteiger partial charge on any atom is 0.249 e. The highest BCUT2D eigenvalue weighted by Gasteiger charge is 2.16. The van der Waals surface area contributed by atoms with Crippen LogP contribution in [0.5, 0.6) is 0 Å². The van der Waals surface area contributed by atoms with E-state index in [9.17, 15) is 4.79 Å². The van der Waals surface area contributed by atoms with Gasteiger partial charge in [-0.05, 0) is 13.8 Å². The van der Waals surface area contributed by atoms with Crippen molar-refractivity contribution >= 4 is 5.91 Å². The normalized spacial score (nSPS) is 10.9. The van der Waals surface area contributed by atoms with E-state index >= 15 is 0 Å². The SMILES string of the molecule is CCOCC(=O)N(CC)Cc1nc(C(C)C)no1. The van der Waals surface area contributed by atoms with Crippen LogP contribution in [0.15, 0.2) is 4.52 Å². The van der Waals surface area contributed by atoms with Gasteiger partial charge in [0.25, 0.3) is 0 Å². The van der Waals surface area contributed by atoms with E-state index in [1.54, 1.807) is 4.90 Å². The summed E-state index contributed by atoms with van der Waals surface area (Å²) in [5, 5.41) is 3.87. The molecular weight excluding hydrogens is 234 g/mol. The molecule has 0 bridgehead atoms. The van der Waals surface area contributed by atoms with Crippen LogP contribution in [0.25, 0.3) is 0 Å². The van der Waals surface area contributed by atoms with Gasteiger partial charge in [0.2, 0.25) is 11.8 Å². The lowest BCUT2D eigenvalue weighted by Gasteiger charge is -2.18. The van der Waals surface area contributed by atoms with Crippen LogP contribution in [0.1, 0.15) is 45.3 Å². The van der Waals surface area contributed by atoms with Crippen LogP contribution >= 0.6 is 0 Å². The number of carbonyl (C=O) groups is 1. The van der Waals surface area contributed by atoms with Crippen molar-refractivity contribution in [3.63, 3.8) is 0 Å². The summed E-state index contributed by atoms with van der Waals surface area (Å²) in [7, 11) is 0. The van der Waals surface area contributed by atoms with Gasteiger partial charge in [0, 0.05) is 19.1 Å². The summed E-state index contributed by atoms with van der Waals surface area (Å²) < 4.78 is 10.2. The van der Waals surface area contributed by atoms with Crippen LogP contribution < -0.4 is 0 Å². The minimum absolute atomic E-state index is 0.0661. The van der Waals surface area contributed by atoms with E-state index in [0.717, 1.165) is 0 Å². The minimum atomic E-state index is -0.0661. The summed E-state index contributed by atoms with van der Waals surface area (Å²) in [5.41, 5.74) is 0. The number of nitrogens with zero attached hydrogens (tertiary/aromatic N) is 3. The van der Waals surface area contributed by atoms with Crippen molar-refractivity contribution in [1.29, 1.82) is 0 Å². The molecule has 0 aliphatic heterocycles. The van der Waals surface area contributed by atoms with Crippen molar-refractivity contribution in [3.8, 4) is 0 Å². The molecule has 0 unspecified atom stereocenters. The maximum atomic E-state index is 11.8. The van der Waals surface area contributed by atoms with Gasteiger partial charge in [0.1, 0.15) is 13.2 Å². The lowest BCUT2D eigenvalue weighted by molar-refractivity contribution is -0.136. The van der Waals surface area contributed by atoms with Gasteiger partial charge < -0.3 is 14.2 Å². The van der Waals surface area contributed by atoms with Crippen molar-refractivity contribution in [3.05, 3.63) is 11.7 Å². The molecule has 6 heteroatoms. The first-order valence-corrected chi connectivity index (χ1v) is 6.26. The lowest BCUT2D eigenvalue weighted by atomic mass is 10.2. The number of hydrogen-bond donors (Lipinski definition) is 0. The summed E-state index contributed by atoms with van der Waals surface area (Å²) in [6.45, 7) is 9.29. The largest absolute Gasteiger partial charge is 0.372 e. The van der Waals surface area contributed by atoms with Crippen LogP contribution in [-0.4, -0.2) is 40.7 Å². The number of hydrogen-bond acceptors (Lipinski definition) is 5. The highest BCUT2D eigenvalue weighted by atomic mass is 16.5. The van der Waals surface area contributed by atoms with E-state index in [2.05, 4.69) is 10.1 Å². The highest BCUT2D eigenvalue weighted by molar-refractivity contribution is 5.77. The van der Waals surface area contributed by atoms with Crippen LogP contribution in [0, 0.1) is 0 Å². The number of aromatic nitrogens is 2. The van der Waals surface area contributed by atoms with Gasteiger partial charge >= 0.3 is 0 Å². The van der Waals surface area contributed by atoms with Crippen molar-refractivity contribution in [2.75, 3.05) is 19.8 Å². The fourth-order valence-electron chi connectivity index (χ4n) is 1.39. The zero-order valence-corrected chi connectivity index (χ0v) is 11.5. The molecule has 0 aliphatic rings. The van der Waals surface area contributed by atoms with Gasteiger partial charge in [-0.3, -0.25) is 4.79 Å². The maximum absolute atomic E-state index is 11.8. The predicted molar refractivity (Wildman–Crippen MR) is 66.0 cm³/mol. The third-order valence-electron chi connectivity index (χ3n) is 2.49. The smallest absolute Gasteiger partial charge is 0.249 e. The first kappa shape index (κ1) is 14.6. The van der Waals surface area contributed by atoms with E-state index in [4.69, 9.17) is 9.26 Å². The summed E-state index contributed by atoms with van der Waals surface area (Å²) in [6.07, 6.45) is 0. The molecule has 0 radical (unpaired) electrons. The molecule has 0 aromatic carbocycles. The average molecular weight is 255 g/mol. The molecule has 0 saturated heterocycles. The third-order valence-corrected chi connectivity index (χ3v) is 2.49. The molecule has 0 atom stereocenters. The van der Waals surface area contributed by atoms with Gasteiger partial charge in [-0.1, -0.05) is 19.0 Å². The molecule has 1 amide bonds. The second-order valence-electron chi connectivity index (χ2n) is 4.25. The Morgan fingerprint density at radius 3 is 2.67 bits per heavy atom. The number of carbonyl (C=O) groups excluding carboxylic acids is 1. The topological polar surface area (TPSA) is 68.5 Å². The van der Waals surface area contributed by atoms with Crippen molar-refractivity contribution in [1.82, 2.24) is 15.0 Å². The van der Waals surface area contributed by atoms with E-state index in [1.807, 2.05) is 27.7 Å². The molecule has 1 rings (SSSR count). The molecule has 102 valence electrons. The average Bonchev–Trinajstić information content (AvgIpc) is 2.81. The first-order chi connectivity index (χ1) is 8.58. The van der Waals surface area contributed by atoms with Crippen molar-refractivity contribution in [2.45, 2.75) is 40.2 Å². The fourth-order valence-corrected chi connectivity index (χ4v) is 1.39. The molecule has 0 saturated carbocycles. The van der Waals surface area contributed by atoms with Gasteiger partial charge in [-0.25, -0.2) is 0 Å². The highest BCUT2D eigenvalue weighted by Crippen LogP contribution is 2.11. The Labute approximate surface area is 107 Å². The minimum Gasteiger partial charge on any atom is -0.372 e. The molecule has 1 aromatic rings. The molecule has 0 aliphatic carbocycles. The van der Waals surface area contributed by atoms with Crippen LogP contribution in [0.2, 0.25) is 0 Å². The summed E-state index contributed by atoms with van der Waals surface area (Å²) >= 11 is 0. The van der Waals surface area contributed by atoms with E-state index in [1.165, 1.54) is 0 Å². The zero-order valence-electron chi connectivity index (χ0n) is 11.5. The van der Waals surface area contributed by atoms with Gasteiger partial charge in [0.05, 0.1) is 0 Å². The van der Waals surface area contributed by atoms with E-state index in [-0.39, 0.29) is 18.4 Å². The Morgan fingerprint density at radius 1 is 1.44 bits per heavy atom. The number of amides is 1. The Kier molecular flexibility index (Phi) is 5.77. The number of likely N-dealkylation sites (N-methyl/N-ethyl adjacent to an activating group) is 1. The van der Waals surface area contributed by atoms with Gasteiger partial charge in [-0.2, -0.15) is 4.98 Å². The Balaban J connectivity index is 2.58. The Morgan fingerprint density at radius 2 is 2.17 bits per heavy atom. The monoisotopic (exact) mass is 255 g/mol. The molecule has 1 heterocycles. The zero-order chi connectivity index (χ0) is 13.5. The van der Waals surface area contributed by atoms with E-state index in [0.29, 0.717) is 31.4 Å². The van der Waals surface area contributed by atoms with Crippen LogP contribution in [0.3, 0.4) is 0 Å². The second-order valence-corrected chi connectivity index (χ2v) is 4.25. The number of rotatable bonds is 7. The standard InChI is InChI=1S/C12H21N3O3/c1-5-15(11(16)8-17-6-2)7-10-13-12(9(3)4)14-18-10/h9H,5-8H2,1-4H3. The fraction of sp³-hybridized carbons (Fsp3) is 0.750. The second kappa shape index (κ2) is 7.10. The first-order valence-electron chi connectivity index (χ1n) is 6.26. The molecule has 1 aromatic heterocycles. The summed E-state index contributed by atoms with van der Waals surface area (Å²) in [4.78, 5) is 17.7. The van der Waals surface area contributed by atoms with Gasteiger partial charge in [-0.15, -0.1) is 0 Å².